The highest BCUT2D eigenvalue weighted by Crippen LogP contribution is 2.46. The number of carbonyl (C=O) groups excluding carboxylic acids is 1. The highest BCUT2D eigenvalue weighted by atomic mass is 32.2. The molecular weight excluding hydrogens is 338 g/mol. The summed E-state index contributed by atoms with van der Waals surface area (Å²) in [5.41, 5.74) is 0.454. The van der Waals surface area contributed by atoms with Crippen molar-refractivity contribution >= 4 is 23.6 Å². The zero-order chi connectivity index (χ0) is 18.8. The molecule has 1 saturated carbocycles. The third-order valence-electron chi connectivity index (χ3n) is 5.05. The van der Waals surface area contributed by atoms with Crippen molar-refractivity contribution in [2.75, 3.05) is 13.7 Å². The summed E-state index contributed by atoms with van der Waals surface area (Å²) in [6, 6.07) is 7.31. The average Bonchev–Trinajstić information content (AvgIpc) is 2.57. The zero-order valence-corrected chi connectivity index (χ0v) is 16.3. The fraction of sp³-hybridized carbons (Fsp3) is 0.579. The van der Waals surface area contributed by atoms with E-state index in [9.17, 15) is 9.59 Å². The van der Waals surface area contributed by atoms with Crippen LogP contribution in [0, 0.1) is 5.41 Å². The van der Waals surface area contributed by atoms with Gasteiger partial charge in [-0.1, -0.05) is 26.0 Å². The highest BCUT2D eigenvalue weighted by molar-refractivity contribution is 8.00. The van der Waals surface area contributed by atoms with Crippen LogP contribution in [0.1, 0.15) is 44.5 Å². The number of amides is 1. The molecule has 25 heavy (non-hydrogen) atoms. The Labute approximate surface area is 153 Å². The molecule has 1 N–H and O–H groups in total. The third-order valence-corrected chi connectivity index (χ3v) is 6.22. The van der Waals surface area contributed by atoms with Gasteiger partial charge in [0.2, 0.25) is 0 Å². The summed E-state index contributed by atoms with van der Waals surface area (Å²) < 4.78 is 5.75. The highest BCUT2D eigenvalue weighted by Gasteiger charge is 2.51. The molecule has 0 heterocycles. The van der Waals surface area contributed by atoms with E-state index in [2.05, 4.69) is 13.8 Å². The first-order chi connectivity index (χ1) is 11.7. The van der Waals surface area contributed by atoms with Crippen molar-refractivity contribution in [3.05, 3.63) is 29.8 Å². The van der Waals surface area contributed by atoms with Gasteiger partial charge in [0.1, 0.15) is 5.25 Å². The van der Waals surface area contributed by atoms with Crippen molar-refractivity contribution in [2.45, 2.75) is 56.4 Å². The van der Waals surface area contributed by atoms with Gasteiger partial charge in [0.15, 0.2) is 0 Å². The Hall–Kier alpha value is -1.53. The van der Waals surface area contributed by atoms with Gasteiger partial charge < -0.3 is 14.7 Å². The summed E-state index contributed by atoms with van der Waals surface area (Å²) in [6.07, 6.45) is 0.985. The smallest absolute Gasteiger partial charge is 0.316 e. The van der Waals surface area contributed by atoms with Gasteiger partial charge in [0.05, 0.1) is 11.7 Å². The molecule has 6 heteroatoms. The molecule has 2 rings (SSSR count). The molecule has 1 aliphatic rings. The largest absolute Gasteiger partial charge is 0.480 e. The number of benzene rings is 1. The molecule has 3 unspecified atom stereocenters. The molecular formula is C19H27NO4S. The molecule has 0 saturated heterocycles. The van der Waals surface area contributed by atoms with Crippen LogP contribution in [0.15, 0.2) is 29.2 Å². The van der Waals surface area contributed by atoms with Crippen LogP contribution >= 0.6 is 11.8 Å². The molecule has 5 nitrogen and oxygen atoms in total. The molecule has 1 aromatic carbocycles. The molecule has 1 amide bonds. The van der Waals surface area contributed by atoms with Crippen molar-refractivity contribution in [1.82, 2.24) is 4.90 Å². The van der Waals surface area contributed by atoms with E-state index in [1.165, 1.54) is 11.8 Å². The van der Waals surface area contributed by atoms with Crippen molar-refractivity contribution in [3.63, 3.8) is 0 Å². The van der Waals surface area contributed by atoms with Gasteiger partial charge in [0.25, 0.3) is 5.91 Å². The van der Waals surface area contributed by atoms with E-state index in [-0.39, 0.29) is 23.5 Å². The minimum absolute atomic E-state index is 0.0753. The summed E-state index contributed by atoms with van der Waals surface area (Å²) in [6.45, 7) is 8.52. The normalized spacial score (nSPS) is 22.8. The lowest BCUT2D eigenvalue weighted by Crippen LogP contribution is -2.62. The van der Waals surface area contributed by atoms with Gasteiger partial charge >= 0.3 is 5.97 Å². The summed E-state index contributed by atoms with van der Waals surface area (Å²) in [5, 5.41) is 8.53. The summed E-state index contributed by atoms with van der Waals surface area (Å²) in [4.78, 5) is 26.6. The lowest BCUT2D eigenvalue weighted by atomic mass is 9.63. The number of nitrogens with zero attached hydrogens (tertiary/aromatic N) is 1. The van der Waals surface area contributed by atoms with Crippen LogP contribution in [0.2, 0.25) is 0 Å². The summed E-state index contributed by atoms with van der Waals surface area (Å²) in [7, 11) is 1.82. The van der Waals surface area contributed by atoms with E-state index in [4.69, 9.17) is 9.84 Å². The monoisotopic (exact) mass is 365 g/mol. The van der Waals surface area contributed by atoms with Gasteiger partial charge in [-0.3, -0.25) is 9.59 Å². The molecule has 1 aliphatic carbocycles. The lowest BCUT2D eigenvalue weighted by molar-refractivity contribution is -0.136. The fourth-order valence-corrected chi connectivity index (χ4v) is 4.25. The Morgan fingerprint density at radius 1 is 1.40 bits per heavy atom. The van der Waals surface area contributed by atoms with E-state index in [1.807, 2.05) is 26.1 Å². The van der Waals surface area contributed by atoms with Crippen LogP contribution in [0.3, 0.4) is 0 Å². The molecule has 1 aromatic rings. The predicted molar refractivity (Wildman–Crippen MR) is 99.1 cm³/mol. The maximum absolute atomic E-state index is 13.0. The van der Waals surface area contributed by atoms with Gasteiger partial charge in [-0.2, -0.15) is 0 Å². The lowest BCUT2D eigenvalue weighted by Gasteiger charge is -2.54. The predicted octanol–water partition coefficient (Wildman–Crippen LogP) is 3.53. The Morgan fingerprint density at radius 3 is 2.60 bits per heavy atom. The number of rotatable bonds is 7. The second kappa shape index (κ2) is 7.79. The second-order valence-corrected chi connectivity index (χ2v) is 8.41. The van der Waals surface area contributed by atoms with Crippen molar-refractivity contribution in [1.29, 1.82) is 0 Å². The number of carbonyl (C=O) groups is 2. The SMILES string of the molecule is CCOC1CC(N(C)C(=O)c2ccccc2SC(C)C(=O)O)C1(C)C. The van der Waals surface area contributed by atoms with Crippen molar-refractivity contribution in [3.8, 4) is 0 Å². The fourth-order valence-electron chi connectivity index (χ4n) is 3.32. The molecule has 3 atom stereocenters. The van der Waals surface area contributed by atoms with E-state index in [0.717, 1.165) is 6.42 Å². The topological polar surface area (TPSA) is 66.8 Å². The van der Waals surface area contributed by atoms with E-state index in [0.29, 0.717) is 17.1 Å². The van der Waals surface area contributed by atoms with Crippen LogP contribution < -0.4 is 0 Å². The Bertz CT molecular complexity index is 646. The van der Waals surface area contributed by atoms with Crippen LogP contribution in [-0.2, 0) is 9.53 Å². The van der Waals surface area contributed by atoms with Crippen LogP contribution in [0.5, 0.6) is 0 Å². The molecule has 0 spiro atoms. The van der Waals surface area contributed by atoms with E-state index < -0.39 is 11.2 Å². The summed E-state index contributed by atoms with van der Waals surface area (Å²) >= 11 is 1.20. The maximum Gasteiger partial charge on any atom is 0.316 e. The number of aliphatic carboxylic acids is 1. The van der Waals surface area contributed by atoms with Gasteiger partial charge in [-0.05, 0) is 32.4 Å². The second-order valence-electron chi connectivity index (χ2n) is 7.03. The number of ether oxygens (including phenoxy) is 1. The molecule has 0 radical (unpaired) electrons. The van der Waals surface area contributed by atoms with Crippen LogP contribution in [-0.4, -0.2) is 52.9 Å². The standard InChI is InChI=1S/C19H27NO4S/c1-6-24-16-11-15(19(16,3)4)20(5)17(21)13-9-7-8-10-14(13)25-12(2)18(22)23/h7-10,12,15-16H,6,11H2,1-5H3,(H,22,23). The number of carboxylic acid groups (broad SMARTS) is 1. The molecule has 0 aliphatic heterocycles. The quantitative estimate of drug-likeness (QED) is 0.749. The number of carboxylic acids is 1. The van der Waals surface area contributed by atoms with Crippen LogP contribution in [0.4, 0.5) is 0 Å². The first kappa shape index (κ1) is 19.8. The average molecular weight is 365 g/mol. The molecule has 1 fully saturated rings. The minimum Gasteiger partial charge on any atom is -0.480 e. The van der Waals surface area contributed by atoms with Crippen molar-refractivity contribution in [2.24, 2.45) is 5.41 Å². The van der Waals surface area contributed by atoms with Crippen LogP contribution in [0.25, 0.3) is 0 Å². The molecule has 138 valence electrons. The number of hydrogen-bond acceptors (Lipinski definition) is 4. The Kier molecular flexibility index (Phi) is 6.16. The Balaban J connectivity index is 2.17. The zero-order valence-electron chi connectivity index (χ0n) is 15.5. The number of hydrogen-bond donors (Lipinski definition) is 1. The first-order valence-electron chi connectivity index (χ1n) is 8.57. The third kappa shape index (κ3) is 4.01. The van der Waals surface area contributed by atoms with Gasteiger partial charge in [-0.25, -0.2) is 0 Å². The van der Waals surface area contributed by atoms with E-state index >= 15 is 0 Å². The van der Waals surface area contributed by atoms with Gasteiger partial charge in [-0.15, -0.1) is 11.8 Å². The van der Waals surface area contributed by atoms with Gasteiger partial charge in [0, 0.05) is 30.0 Å². The minimum atomic E-state index is -0.889. The summed E-state index contributed by atoms with van der Waals surface area (Å²) in [5.74, 6) is -0.964. The molecule has 0 bridgehead atoms. The van der Waals surface area contributed by atoms with Crippen molar-refractivity contribution < 1.29 is 19.4 Å². The number of thioether (sulfide) groups is 1. The maximum atomic E-state index is 13.0. The first-order valence-corrected chi connectivity index (χ1v) is 9.45. The molecule has 0 aromatic heterocycles. The Morgan fingerprint density at radius 2 is 2.04 bits per heavy atom. The van der Waals surface area contributed by atoms with E-state index in [1.54, 1.807) is 24.0 Å².